The molecule has 0 amide bonds. The van der Waals surface area contributed by atoms with Crippen LogP contribution in [0.3, 0.4) is 0 Å². The van der Waals surface area contributed by atoms with Gasteiger partial charge in [0.05, 0.1) is 6.04 Å². The zero-order chi connectivity index (χ0) is 12.8. The fourth-order valence-corrected chi connectivity index (χ4v) is 2.15. The molecule has 0 radical (unpaired) electrons. The molecule has 1 atom stereocenters. The van der Waals surface area contributed by atoms with Crippen LogP contribution in [-0.2, 0) is 15.9 Å². The molecule has 96 valence electrons. The maximum absolute atomic E-state index is 13.2. The van der Waals surface area contributed by atoms with Gasteiger partial charge in [0.15, 0.2) is 6.29 Å². The van der Waals surface area contributed by atoms with Crippen molar-refractivity contribution in [1.29, 1.82) is 0 Å². The molecule has 0 saturated carbocycles. The van der Waals surface area contributed by atoms with Gasteiger partial charge in [0.2, 0.25) is 0 Å². The number of methoxy groups -OCH3 is 2. The molecule has 17 heavy (non-hydrogen) atoms. The summed E-state index contributed by atoms with van der Waals surface area (Å²) in [4.78, 5) is 0. The Morgan fingerprint density at radius 1 is 1.35 bits per heavy atom. The van der Waals surface area contributed by atoms with Gasteiger partial charge in [-0.3, -0.25) is 11.3 Å². The molecule has 1 aromatic rings. The van der Waals surface area contributed by atoms with Crippen molar-refractivity contribution >= 4 is 15.9 Å². The third-order valence-corrected chi connectivity index (χ3v) is 2.84. The highest BCUT2D eigenvalue weighted by Gasteiger charge is 2.20. The van der Waals surface area contributed by atoms with E-state index in [4.69, 9.17) is 15.3 Å². The monoisotopic (exact) mass is 306 g/mol. The van der Waals surface area contributed by atoms with Crippen LogP contribution in [-0.4, -0.2) is 26.6 Å². The Morgan fingerprint density at radius 3 is 2.47 bits per heavy atom. The molecular weight excluding hydrogens is 291 g/mol. The second-order valence-electron chi connectivity index (χ2n) is 3.59. The van der Waals surface area contributed by atoms with E-state index in [0.29, 0.717) is 10.9 Å². The van der Waals surface area contributed by atoms with E-state index in [1.54, 1.807) is 0 Å². The van der Waals surface area contributed by atoms with Gasteiger partial charge in [-0.25, -0.2) is 4.39 Å². The van der Waals surface area contributed by atoms with Gasteiger partial charge in [-0.2, -0.15) is 0 Å². The van der Waals surface area contributed by atoms with Crippen molar-refractivity contribution in [2.45, 2.75) is 18.8 Å². The summed E-state index contributed by atoms with van der Waals surface area (Å²) in [6, 6.07) is 4.44. The molecule has 6 heteroatoms. The molecule has 0 aliphatic rings. The Balaban J connectivity index is 2.79. The van der Waals surface area contributed by atoms with Gasteiger partial charge in [0, 0.05) is 18.7 Å². The SMILES string of the molecule is COC(OC)C(Cc1cc(F)cc(Br)c1)NN. The summed E-state index contributed by atoms with van der Waals surface area (Å²) in [7, 11) is 3.06. The Hall–Kier alpha value is -0.530. The molecule has 1 aromatic carbocycles. The molecule has 3 N–H and O–H groups in total. The van der Waals surface area contributed by atoms with Gasteiger partial charge in [-0.1, -0.05) is 15.9 Å². The van der Waals surface area contributed by atoms with Crippen molar-refractivity contribution in [3.63, 3.8) is 0 Å². The van der Waals surface area contributed by atoms with Crippen LogP contribution in [0.2, 0.25) is 0 Å². The molecule has 1 unspecified atom stereocenters. The Morgan fingerprint density at radius 2 is 2.00 bits per heavy atom. The highest BCUT2D eigenvalue weighted by Crippen LogP contribution is 2.17. The van der Waals surface area contributed by atoms with E-state index in [0.717, 1.165) is 5.56 Å². The lowest BCUT2D eigenvalue weighted by Crippen LogP contribution is -2.47. The number of hydrogen-bond acceptors (Lipinski definition) is 4. The number of halogens is 2. The van der Waals surface area contributed by atoms with Crippen LogP contribution in [0, 0.1) is 5.82 Å². The number of benzene rings is 1. The summed E-state index contributed by atoms with van der Waals surface area (Å²) in [6.07, 6.45) is 0.0150. The van der Waals surface area contributed by atoms with Crippen LogP contribution in [0.5, 0.6) is 0 Å². The van der Waals surface area contributed by atoms with Gasteiger partial charge in [0.25, 0.3) is 0 Å². The number of hydrogen-bond donors (Lipinski definition) is 2. The maximum Gasteiger partial charge on any atom is 0.173 e. The van der Waals surface area contributed by atoms with E-state index in [9.17, 15) is 4.39 Å². The molecule has 0 aliphatic carbocycles. The third-order valence-electron chi connectivity index (χ3n) is 2.39. The first-order chi connectivity index (χ1) is 8.10. The minimum Gasteiger partial charge on any atom is -0.354 e. The Bertz CT molecular complexity index is 341. The summed E-state index contributed by atoms with van der Waals surface area (Å²) in [5, 5.41) is 0. The van der Waals surface area contributed by atoms with Gasteiger partial charge >= 0.3 is 0 Å². The standard InChI is InChI=1S/C11H16BrFN2O2/c1-16-11(17-2)10(15-14)5-7-3-8(12)6-9(13)4-7/h3-4,6,10-11,15H,5,14H2,1-2H3. The van der Waals surface area contributed by atoms with Gasteiger partial charge < -0.3 is 9.47 Å². The predicted octanol–water partition coefficient (Wildman–Crippen LogP) is 1.58. The molecule has 1 rings (SSSR count). The van der Waals surface area contributed by atoms with Crippen molar-refractivity contribution in [2.24, 2.45) is 5.84 Å². The van der Waals surface area contributed by atoms with E-state index in [1.807, 2.05) is 6.07 Å². The topological polar surface area (TPSA) is 56.5 Å². The highest BCUT2D eigenvalue weighted by molar-refractivity contribution is 9.10. The average molecular weight is 307 g/mol. The Labute approximate surface area is 108 Å². The minimum absolute atomic E-state index is 0.251. The van der Waals surface area contributed by atoms with Crippen molar-refractivity contribution < 1.29 is 13.9 Å². The molecule has 0 aromatic heterocycles. The minimum atomic E-state index is -0.484. The lowest BCUT2D eigenvalue weighted by Gasteiger charge is -2.24. The third kappa shape index (κ3) is 4.33. The van der Waals surface area contributed by atoms with Crippen LogP contribution < -0.4 is 11.3 Å². The van der Waals surface area contributed by atoms with Crippen LogP contribution in [0.15, 0.2) is 22.7 Å². The average Bonchev–Trinajstić information content (AvgIpc) is 2.27. The number of nitrogens with one attached hydrogen (secondary N) is 1. The van der Waals surface area contributed by atoms with E-state index in [-0.39, 0.29) is 11.9 Å². The number of rotatable bonds is 6. The second-order valence-corrected chi connectivity index (χ2v) is 4.51. The van der Waals surface area contributed by atoms with Crippen LogP contribution >= 0.6 is 15.9 Å². The molecule has 0 bridgehead atoms. The normalized spacial score (nSPS) is 13.1. The number of hydrazine groups is 1. The van der Waals surface area contributed by atoms with Crippen LogP contribution in [0.25, 0.3) is 0 Å². The van der Waals surface area contributed by atoms with Crippen molar-refractivity contribution in [3.8, 4) is 0 Å². The Kier molecular flexibility index (Phi) is 6.01. The van der Waals surface area contributed by atoms with Gasteiger partial charge in [-0.05, 0) is 30.2 Å². The molecule has 0 aliphatic heterocycles. The van der Waals surface area contributed by atoms with Crippen LogP contribution in [0.1, 0.15) is 5.56 Å². The fourth-order valence-electron chi connectivity index (χ4n) is 1.64. The van der Waals surface area contributed by atoms with E-state index < -0.39 is 6.29 Å². The second kappa shape index (κ2) is 7.03. The highest BCUT2D eigenvalue weighted by atomic mass is 79.9. The van der Waals surface area contributed by atoms with Gasteiger partial charge in [-0.15, -0.1) is 0 Å². The first kappa shape index (κ1) is 14.5. The van der Waals surface area contributed by atoms with Crippen molar-refractivity contribution in [2.75, 3.05) is 14.2 Å². The zero-order valence-corrected chi connectivity index (χ0v) is 11.3. The lowest BCUT2D eigenvalue weighted by atomic mass is 10.1. The summed E-state index contributed by atoms with van der Waals surface area (Å²) in [5.74, 6) is 5.14. The summed E-state index contributed by atoms with van der Waals surface area (Å²) >= 11 is 3.24. The fraction of sp³-hybridized carbons (Fsp3) is 0.455. The first-order valence-corrected chi connectivity index (χ1v) is 5.86. The predicted molar refractivity (Wildman–Crippen MR) is 66.7 cm³/mol. The molecule has 0 heterocycles. The number of nitrogens with two attached hydrogens (primary N) is 1. The largest absolute Gasteiger partial charge is 0.354 e. The lowest BCUT2D eigenvalue weighted by molar-refractivity contribution is -0.122. The molecule has 0 spiro atoms. The van der Waals surface area contributed by atoms with Crippen LogP contribution in [0.4, 0.5) is 4.39 Å². The summed E-state index contributed by atoms with van der Waals surface area (Å²) in [5.41, 5.74) is 3.41. The smallest absolute Gasteiger partial charge is 0.173 e. The van der Waals surface area contributed by atoms with Crippen molar-refractivity contribution in [1.82, 2.24) is 5.43 Å². The number of ether oxygens (including phenoxy) is 2. The van der Waals surface area contributed by atoms with E-state index in [1.165, 1.54) is 26.4 Å². The zero-order valence-electron chi connectivity index (χ0n) is 9.74. The van der Waals surface area contributed by atoms with E-state index >= 15 is 0 Å². The maximum atomic E-state index is 13.2. The first-order valence-electron chi connectivity index (χ1n) is 5.07. The quantitative estimate of drug-likeness (QED) is 0.476. The summed E-state index contributed by atoms with van der Waals surface area (Å²) < 4.78 is 24.1. The molecule has 0 fully saturated rings. The van der Waals surface area contributed by atoms with E-state index in [2.05, 4.69) is 21.4 Å². The summed E-state index contributed by atoms with van der Waals surface area (Å²) in [6.45, 7) is 0. The molecule has 0 saturated heterocycles. The molecule has 4 nitrogen and oxygen atoms in total. The van der Waals surface area contributed by atoms with Crippen molar-refractivity contribution in [3.05, 3.63) is 34.1 Å². The molecular formula is C11H16BrFN2O2. The van der Waals surface area contributed by atoms with Gasteiger partial charge in [0.1, 0.15) is 5.82 Å².